The van der Waals surface area contributed by atoms with Crippen LogP contribution < -0.4 is 5.32 Å². The first kappa shape index (κ1) is 16.5. The molecule has 2 aromatic rings. The number of hydrogen-bond acceptors (Lipinski definition) is 3. The van der Waals surface area contributed by atoms with Crippen molar-refractivity contribution >= 4 is 6.03 Å². The van der Waals surface area contributed by atoms with E-state index < -0.39 is 0 Å². The molecule has 126 valence electrons. The standard InChI is InChI=1S/C19H23N3O2/c1-14(16-9-6-11-20-13-16)22(2)19(23)21-17-10-12-24-18(17)15-7-4-3-5-8-15/h3-9,11,13-14,17-18H,10,12H2,1-2H3,(H,21,23)/t14-,17-,18+/m1/s1. The molecule has 1 N–H and O–H groups in total. The Labute approximate surface area is 142 Å². The number of aromatic nitrogens is 1. The van der Waals surface area contributed by atoms with E-state index in [4.69, 9.17) is 4.74 Å². The lowest BCUT2D eigenvalue weighted by Crippen LogP contribution is -2.45. The smallest absolute Gasteiger partial charge is 0.317 e. The van der Waals surface area contributed by atoms with Crippen LogP contribution in [0.5, 0.6) is 0 Å². The minimum absolute atomic E-state index is 0.0107. The van der Waals surface area contributed by atoms with Crippen molar-refractivity contribution in [1.29, 1.82) is 0 Å². The average Bonchev–Trinajstić information content (AvgIpc) is 3.10. The van der Waals surface area contributed by atoms with Gasteiger partial charge in [0.1, 0.15) is 6.10 Å². The highest BCUT2D eigenvalue weighted by Crippen LogP contribution is 2.29. The number of pyridine rings is 1. The van der Waals surface area contributed by atoms with E-state index >= 15 is 0 Å². The molecule has 5 nitrogen and oxygen atoms in total. The SMILES string of the molecule is C[C@H](c1cccnc1)N(C)C(=O)N[C@@H]1CCO[C@H]1c1ccccc1. The summed E-state index contributed by atoms with van der Waals surface area (Å²) in [5.41, 5.74) is 2.11. The molecular weight excluding hydrogens is 302 g/mol. The zero-order chi connectivity index (χ0) is 16.9. The summed E-state index contributed by atoms with van der Waals surface area (Å²) < 4.78 is 5.83. The van der Waals surface area contributed by atoms with E-state index in [1.54, 1.807) is 24.3 Å². The van der Waals surface area contributed by atoms with Gasteiger partial charge in [-0.25, -0.2) is 4.79 Å². The monoisotopic (exact) mass is 325 g/mol. The number of carbonyl (C=O) groups is 1. The van der Waals surface area contributed by atoms with Crippen molar-refractivity contribution in [3.63, 3.8) is 0 Å². The lowest BCUT2D eigenvalue weighted by atomic mass is 10.0. The highest BCUT2D eigenvalue weighted by atomic mass is 16.5. The molecule has 1 aromatic carbocycles. The van der Waals surface area contributed by atoms with Gasteiger partial charge in [0.15, 0.2) is 0 Å². The largest absolute Gasteiger partial charge is 0.371 e. The fraction of sp³-hybridized carbons (Fsp3) is 0.368. The molecule has 1 aromatic heterocycles. The van der Waals surface area contributed by atoms with Crippen LogP contribution in [-0.4, -0.2) is 35.6 Å². The van der Waals surface area contributed by atoms with Gasteiger partial charge < -0.3 is 15.0 Å². The number of ether oxygens (including phenoxy) is 1. The van der Waals surface area contributed by atoms with Gasteiger partial charge in [-0.3, -0.25) is 4.98 Å². The van der Waals surface area contributed by atoms with E-state index in [1.165, 1.54) is 0 Å². The number of hydrogen-bond donors (Lipinski definition) is 1. The Hall–Kier alpha value is -2.40. The molecule has 0 saturated carbocycles. The quantitative estimate of drug-likeness (QED) is 0.938. The molecule has 3 rings (SSSR count). The number of rotatable bonds is 4. The third kappa shape index (κ3) is 3.57. The lowest BCUT2D eigenvalue weighted by Gasteiger charge is -2.28. The molecule has 0 spiro atoms. The van der Waals surface area contributed by atoms with Crippen LogP contribution in [0.15, 0.2) is 54.9 Å². The van der Waals surface area contributed by atoms with Gasteiger partial charge in [-0.1, -0.05) is 36.4 Å². The van der Waals surface area contributed by atoms with E-state index in [9.17, 15) is 4.79 Å². The number of carbonyl (C=O) groups excluding carboxylic acids is 1. The molecule has 1 saturated heterocycles. The predicted octanol–water partition coefficient (Wildman–Crippen LogP) is 3.31. The van der Waals surface area contributed by atoms with Crippen LogP contribution in [0.25, 0.3) is 0 Å². The average molecular weight is 325 g/mol. The number of nitrogens with zero attached hydrogens (tertiary/aromatic N) is 2. The summed E-state index contributed by atoms with van der Waals surface area (Å²) in [6.45, 7) is 2.66. The first-order valence-electron chi connectivity index (χ1n) is 8.26. The molecule has 3 atom stereocenters. The third-order valence-electron chi connectivity index (χ3n) is 4.60. The Bertz CT molecular complexity index is 663. The van der Waals surface area contributed by atoms with Gasteiger partial charge in [-0.2, -0.15) is 0 Å². The number of urea groups is 1. The highest BCUT2D eigenvalue weighted by Gasteiger charge is 2.32. The summed E-state index contributed by atoms with van der Waals surface area (Å²) in [6.07, 6.45) is 4.26. The lowest BCUT2D eigenvalue weighted by molar-refractivity contribution is 0.0978. The van der Waals surface area contributed by atoms with E-state index in [-0.39, 0.29) is 24.2 Å². The van der Waals surface area contributed by atoms with Crippen molar-refractivity contribution in [3.8, 4) is 0 Å². The third-order valence-corrected chi connectivity index (χ3v) is 4.60. The second kappa shape index (κ2) is 7.45. The fourth-order valence-corrected chi connectivity index (χ4v) is 2.99. The highest BCUT2D eigenvalue weighted by molar-refractivity contribution is 5.75. The summed E-state index contributed by atoms with van der Waals surface area (Å²) in [6, 6.07) is 13.8. The molecule has 5 heteroatoms. The molecule has 0 bridgehead atoms. The zero-order valence-electron chi connectivity index (χ0n) is 14.1. The molecule has 0 unspecified atom stereocenters. The minimum Gasteiger partial charge on any atom is -0.371 e. The Morgan fingerprint density at radius 2 is 2.08 bits per heavy atom. The van der Waals surface area contributed by atoms with Gasteiger partial charge in [0.2, 0.25) is 0 Å². The Balaban J connectivity index is 1.65. The maximum absolute atomic E-state index is 12.6. The summed E-state index contributed by atoms with van der Waals surface area (Å²) in [5, 5.41) is 3.12. The summed E-state index contributed by atoms with van der Waals surface area (Å²) in [7, 11) is 1.81. The van der Waals surface area contributed by atoms with Crippen LogP contribution in [-0.2, 0) is 4.74 Å². The zero-order valence-corrected chi connectivity index (χ0v) is 14.1. The minimum atomic E-state index is -0.0946. The topological polar surface area (TPSA) is 54.5 Å². The number of nitrogens with one attached hydrogen (secondary N) is 1. The normalized spacial score (nSPS) is 21.2. The Morgan fingerprint density at radius 1 is 1.29 bits per heavy atom. The van der Waals surface area contributed by atoms with Gasteiger partial charge in [-0.05, 0) is 30.5 Å². The van der Waals surface area contributed by atoms with Gasteiger partial charge in [0, 0.05) is 26.0 Å². The van der Waals surface area contributed by atoms with Crippen molar-refractivity contribution in [2.24, 2.45) is 0 Å². The summed E-state index contributed by atoms with van der Waals surface area (Å²) >= 11 is 0. The van der Waals surface area contributed by atoms with E-state index in [0.29, 0.717) is 6.61 Å². The van der Waals surface area contributed by atoms with Gasteiger partial charge in [0.05, 0.1) is 12.1 Å². The van der Waals surface area contributed by atoms with Crippen LogP contribution in [0.3, 0.4) is 0 Å². The van der Waals surface area contributed by atoms with Crippen LogP contribution in [0, 0.1) is 0 Å². The Kier molecular flexibility index (Phi) is 5.11. The number of amides is 2. The fourth-order valence-electron chi connectivity index (χ4n) is 2.99. The van der Waals surface area contributed by atoms with Gasteiger partial charge >= 0.3 is 6.03 Å². The maximum atomic E-state index is 12.6. The Morgan fingerprint density at radius 3 is 2.79 bits per heavy atom. The molecule has 24 heavy (non-hydrogen) atoms. The van der Waals surface area contributed by atoms with Crippen LogP contribution in [0.2, 0.25) is 0 Å². The predicted molar refractivity (Wildman–Crippen MR) is 92.5 cm³/mol. The molecule has 0 radical (unpaired) electrons. The second-order valence-corrected chi connectivity index (χ2v) is 6.12. The first-order valence-corrected chi connectivity index (χ1v) is 8.26. The van der Waals surface area contributed by atoms with Gasteiger partial charge in [0.25, 0.3) is 0 Å². The van der Waals surface area contributed by atoms with Crippen molar-refractivity contribution in [1.82, 2.24) is 15.2 Å². The number of benzene rings is 1. The van der Waals surface area contributed by atoms with Gasteiger partial charge in [-0.15, -0.1) is 0 Å². The maximum Gasteiger partial charge on any atom is 0.317 e. The molecule has 0 aliphatic carbocycles. The molecule has 2 amide bonds. The van der Waals surface area contributed by atoms with E-state index in [2.05, 4.69) is 10.3 Å². The molecular formula is C19H23N3O2. The first-order chi connectivity index (χ1) is 11.7. The molecule has 2 heterocycles. The van der Waals surface area contributed by atoms with E-state index in [0.717, 1.165) is 17.5 Å². The molecule has 1 aliphatic rings. The van der Waals surface area contributed by atoms with Crippen molar-refractivity contribution in [2.45, 2.75) is 31.5 Å². The second-order valence-electron chi connectivity index (χ2n) is 6.12. The van der Waals surface area contributed by atoms with Crippen molar-refractivity contribution in [2.75, 3.05) is 13.7 Å². The van der Waals surface area contributed by atoms with Crippen LogP contribution in [0.4, 0.5) is 4.79 Å². The van der Waals surface area contributed by atoms with Crippen LogP contribution in [0.1, 0.15) is 36.6 Å². The molecule has 1 aliphatic heterocycles. The summed E-state index contributed by atoms with van der Waals surface area (Å²) in [5.74, 6) is 0. The van der Waals surface area contributed by atoms with Crippen LogP contribution >= 0.6 is 0 Å². The van der Waals surface area contributed by atoms with E-state index in [1.807, 2.05) is 49.4 Å². The summed E-state index contributed by atoms with van der Waals surface area (Å²) in [4.78, 5) is 18.5. The molecule has 1 fully saturated rings. The van der Waals surface area contributed by atoms with Crippen molar-refractivity contribution < 1.29 is 9.53 Å². The van der Waals surface area contributed by atoms with Crippen molar-refractivity contribution in [3.05, 3.63) is 66.0 Å².